The summed E-state index contributed by atoms with van der Waals surface area (Å²) in [6, 6.07) is 13.9. The van der Waals surface area contributed by atoms with E-state index < -0.39 is 0 Å². The first-order valence-electron chi connectivity index (χ1n) is 9.08. The van der Waals surface area contributed by atoms with Crippen LogP contribution in [0.4, 0.5) is 5.82 Å². The lowest BCUT2D eigenvalue weighted by molar-refractivity contribution is -0.120. The number of amides is 1. The van der Waals surface area contributed by atoms with Gasteiger partial charge in [0.2, 0.25) is 5.91 Å². The molecule has 1 aromatic carbocycles. The normalized spacial score (nSPS) is 14.7. The number of rotatable bonds is 5. The summed E-state index contributed by atoms with van der Waals surface area (Å²) in [6.07, 6.45) is 4.14. The first kappa shape index (κ1) is 17.9. The fourth-order valence-corrected chi connectivity index (χ4v) is 3.41. The van der Waals surface area contributed by atoms with E-state index in [0.29, 0.717) is 24.4 Å². The number of hydrogen-bond acceptors (Lipinski definition) is 4. The van der Waals surface area contributed by atoms with Gasteiger partial charge in [-0.1, -0.05) is 29.8 Å². The molecular weight excluding hydrogens is 324 g/mol. The van der Waals surface area contributed by atoms with E-state index >= 15 is 0 Å². The number of nitriles is 1. The third-order valence-electron chi connectivity index (χ3n) is 4.86. The van der Waals surface area contributed by atoms with E-state index in [1.54, 1.807) is 18.3 Å². The second kappa shape index (κ2) is 8.48. The van der Waals surface area contributed by atoms with Crippen molar-refractivity contribution in [3.63, 3.8) is 0 Å². The van der Waals surface area contributed by atoms with Crippen molar-refractivity contribution < 1.29 is 4.79 Å². The van der Waals surface area contributed by atoms with Crippen molar-refractivity contribution in [1.82, 2.24) is 10.3 Å². The van der Waals surface area contributed by atoms with E-state index in [1.165, 1.54) is 5.56 Å². The van der Waals surface area contributed by atoms with Gasteiger partial charge in [-0.2, -0.15) is 5.26 Å². The van der Waals surface area contributed by atoms with Crippen LogP contribution < -0.4 is 10.2 Å². The number of aromatic nitrogens is 1. The Morgan fingerprint density at radius 2 is 2.12 bits per heavy atom. The second-order valence-electron chi connectivity index (χ2n) is 6.89. The van der Waals surface area contributed by atoms with Crippen LogP contribution in [0, 0.1) is 24.2 Å². The molecule has 0 unspecified atom stereocenters. The van der Waals surface area contributed by atoms with E-state index in [0.717, 1.165) is 37.3 Å². The summed E-state index contributed by atoms with van der Waals surface area (Å²) in [5.41, 5.74) is 2.85. The number of pyridine rings is 1. The highest BCUT2D eigenvalue weighted by atomic mass is 16.1. The molecule has 3 rings (SSSR count). The first-order valence-corrected chi connectivity index (χ1v) is 9.08. The predicted molar refractivity (Wildman–Crippen MR) is 102 cm³/mol. The van der Waals surface area contributed by atoms with Crippen LogP contribution >= 0.6 is 0 Å². The molecule has 0 bridgehead atoms. The van der Waals surface area contributed by atoms with Crippen molar-refractivity contribution in [2.24, 2.45) is 5.92 Å². The number of hydrogen-bond donors (Lipinski definition) is 1. The van der Waals surface area contributed by atoms with Gasteiger partial charge < -0.3 is 10.2 Å². The average Bonchev–Trinajstić information content (AvgIpc) is 2.67. The molecule has 0 aliphatic carbocycles. The quantitative estimate of drug-likeness (QED) is 0.902. The fourth-order valence-electron chi connectivity index (χ4n) is 3.41. The Morgan fingerprint density at radius 3 is 2.85 bits per heavy atom. The summed E-state index contributed by atoms with van der Waals surface area (Å²) in [7, 11) is 0. The summed E-state index contributed by atoms with van der Waals surface area (Å²) in [5.74, 6) is 1.33. The molecule has 134 valence electrons. The zero-order chi connectivity index (χ0) is 18.4. The topological polar surface area (TPSA) is 69.0 Å². The van der Waals surface area contributed by atoms with E-state index in [2.05, 4.69) is 27.3 Å². The van der Waals surface area contributed by atoms with Crippen LogP contribution in [0.1, 0.15) is 29.5 Å². The van der Waals surface area contributed by atoms with Gasteiger partial charge in [0.05, 0.1) is 12.0 Å². The van der Waals surface area contributed by atoms with Crippen LogP contribution in [0.3, 0.4) is 0 Å². The van der Waals surface area contributed by atoms with Crippen molar-refractivity contribution in [1.29, 1.82) is 5.26 Å². The molecule has 0 saturated carbocycles. The van der Waals surface area contributed by atoms with Crippen LogP contribution in [0.15, 0.2) is 42.6 Å². The Morgan fingerprint density at radius 1 is 1.31 bits per heavy atom. The van der Waals surface area contributed by atoms with Gasteiger partial charge in [-0.15, -0.1) is 0 Å². The lowest BCUT2D eigenvalue weighted by Crippen LogP contribution is -2.39. The van der Waals surface area contributed by atoms with E-state index in [1.807, 2.05) is 25.1 Å². The maximum atomic E-state index is 12.2. The Balaban J connectivity index is 1.45. The predicted octanol–water partition coefficient (Wildman–Crippen LogP) is 2.84. The zero-order valence-electron chi connectivity index (χ0n) is 15.1. The Bertz CT molecular complexity index is 804. The van der Waals surface area contributed by atoms with Crippen LogP contribution in [0.5, 0.6) is 0 Å². The number of piperidine rings is 1. The summed E-state index contributed by atoms with van der Waals surface area (Å²) < 4.78 is 0. The third kappa shape index (κ3) is 4.60. The molecular formula is C21H24N4O. The van der Waals surface area contributed by atoms with Crippen molar-refractivity contribution in [3.05, 3.63) is 59.3 Å². The smallest absolute Gasteiger partial charge is 0.224 e. The summed E-state index contributed by atoms with van der Waals surface area (Å²) in [4.78, 5) is 18.7. The number of nitrogens with zero attached hydrogens (tertiary/aromatic N) is 3. The lowest BCUT2D eigenvalue weighted by Gasteiger charge is -2.33. The maximum Gasteiger partial charge on any atom is 0.224 e. The number of aryl methyl sites for hydroxylation is 1. The van der Waals surface area contributed by atoms with Crippen LogP contribution in [-0.2, 0) is 11.2 Å². The standard InChI is InChI=1S/C21H24N4O/c1-16-4-2-5-18(12-16)13-20(26)24-15-17-7-10-25(11-8-17)21-19(14-22)6-3-9-23-21/h2-6,9,12,17H,7-8,10-11,13,15H2,1H3,(H,24,26). The zero-order valence-corrected chi connectivity index (χ0v) is 15.1. The molecule has 0 spiro atoms. The van der Waals surface area contributed by atoms with E-state index in [9.17, 15) is 10.1 Å². The highest BCUT2D eigenvalue weighted by molar-refractivity contribution is 5.78. The number of benzene rings is 1. The Labute approximate surface area is 154 Å². The summed E-state index contributed by atoms with van der Waals surface area (Å²) >= 11 is 0. The second-order valence-corrected chi connectivity index (χ2v) is 6.89. The number of nitrogens with one attached hydrogen (secondary N) is 1. The first-order chi connectivity index (χ1) is 12.7. The molecule has 1 aliphatic heterocycles. The van der Waals surface area contributed by atoms with Crippen molar-refractivity contribution >= 4 is 11.7 Å². The molecule has 0 radical (unpaired) electrons. The minimum Gasteiger partial charge on any atom is -0.356 e. The molecule has 1 fully saturated rings. The average molecular weight is 348 g/mol. The van der Waals surface area contributed by atoms with Gasteiger partial charge in [0.25, 0.3) is 0 Å². The van der Waals surface area contributed by atoms with Gasteiger partial charge >= 0.3 is 0 Å². The third-order valence-corrected chi connectivity index (χ3v) is 4.86. The largest absolute Gasteiger partial charge is 0.356 e. The number of anilines is 1. The minimum absolute atomic E-state index is 0.0783. The molecule has 0 atom stereocenters. The molecule has 1 saturated heterocycles. The Kier molecular flexibility index (Phi) is 5.85. The van der Waals surface area contributed by atoms with Gasteiger partial charge in [-0.05, 0) is 43.4 Å². The van der Waals surface area contributed by atoms with Gasteiger partial charge in [-0.25, -0.2) is 4.98 Å². The molecule has 5 heteroatoms. The Hall–Kier alpha value is -2.87. The molecule has 1 N–H and O–H groups in total. The maximum absolute atomic E-state index is 12.2. The summed E-state index contributed by atoms with van der Waals surface area (Å²) in [5, 5.41) is 12.3. The SMILES string of the molecule is Cc1cccc(CC(=O)NCC2CCN(c3ncccc3C#N)CC2)c1. The van der Waals surface area contributed by atoms with Crippen molar-refractivity contribution in [3.8, 4) is 6.07 Å². The monoisotopic (exact) mass is 348 g/mol. The highest BCUT2D eigenvalue weighted by Gasteiger charge is 2.22. The molecule has 26 heavy (non-hydrogen) atoms. The molecule has 5 nitrogen and oxygen atoms in total. The van der Waals surface area contributed by atoms with Gasteiger partial charge in [0.15, 0.2) is 0 Å². The molecule has 1 aliphatic rings. The number of carbonyl (C=O) groups is 1. The van der Waals surface area contributed by atoms with Gasteiger partial charge in [-0.3, -0.25) is 4.79 Å². The van der Waals surface area contributed by atoms with Gasteiger partial charge in [0.1, 0.15) is 11.9 Å². The lowest BCUT2D eigenvalue weighted by atomic mass is 9.96. The molecule has 2 aromatic rings. The van der Waals surface area contributed by atoms with E-state index in [4.69, 9.17) is 0 Å². The van der Waals surface area contributed by atoms with Gasteiger partial charge in [0, 0.05) is 25.8 Å². The summed E-state index contributed by atoms with van der Waals surface area (Å²) in [6.45, 7) is 4.48. The number of carbonyl (C=O) groups excluding carboxylic acids is 1. The van der Waals surface area contributed by atoms with Crippen molar-refractivity contribution in [2.75, 3.05) is 24.5 Å². The van der Waals surface area contributed by atoms with Crippen LogP contribution in [0.2, 0.25) is 0 Å². The van der Waals surface area contributed by atoms with Crippen LogP contribution in [-0.4, -0.2) is 30.5 Å². The minimum atomic E-state index is 0.0783. The highest BCUT2D eigenvalue weighted by Crippen LogP contribution is 2.23. The van der Waals surface area contributed by atoms with Crippen molar-refractivity contribution in [2.45, 2.75) is 26.2 Å². The molecule has 1 amide bonds. The molecule has 1 aromatic heterocycles. The fraction of sp³-hybridized carbons (Fsp3) is 0.381. The van der Waals surface area contributed by atoms with E-state index in [-0.39, 0.29) is 5.91 Å². The van der Waals surface area contributed by atoms with Crippen LogP contribution in [0.25, 0.3) is 0 Å². The molecule has 2 heterocycles.